The molecule has 4 aromatic rings. The van der Waals surface area contributed by atoms with Gasteiger partial charge >= 0.3 is 0 Å². The molecule has 3 aliphatic rings. The van der Waals surface area contributed by atoms with Gasteiger partial charge in [-0.2, -0.15) is 0 Å². The summed E-state index contributed by atoms with van der Waals surface area (Å²) in [6.45, 7) is 2.41. The Morgan fingerprint density at radius 1 is 0.907 bits per heavy atom. The van der Waals surface area contributed by atoms with E-state index in [2.05, 4.69) is 5.32 Å². The number of ketones is 2. The Bertz CT molecular complexity index is 1800. The number of carbonyl (C=O) groups excluding carboxylic acids is 3. The molecule has 0 aromatic heterocycles. The van der Waals surface area contributed by atoms with Gasteiger partial charge < -0.3 is 15.0 Å². The van der Waals surface area contributed by atoms with Gasteiger partial charge in [-0.3, -0.25) is 14.4 Å². The van der Waals surface area contributed by atoms with E-state index in [-0.39, 0.29) is 17.3 Å². The average Bonchev–Trinajstić information content (AvgIpc) is 3.52. The van der Waals surface area contributed by atoms with Crippen LogP contribution in [0.1, 0.15) is 56.8 Å². The molecule has 7 rings (SSSR count). The van der Waals surface area contributed by atoms with Crippen LogP contribution in [0, 0.1) is 11.7 Å². The standard InChI is InChI=1S/C36H29FN2O4/c1-2-21-43-29-14-8-5-11-26(29)33(41)31-30(32(40)23-15-17-24(37)18-16-23)36(27-12-6-7-13-28(27)38-35(36)42)34-25-10-4-3-9-22(25)19-20-39(31)34/h3-20,30-31,34H,2,21H2,1H3,(H,38,42)/t30-,31-,34+,36-/m0/s1. The lowest BCUT2D eigenvalue weighted by molar-refractivity contribution is -0.122. The lowest BCUT2D eigenvalue weighted by atomic mass is 9.62. The van der Waals surface area contributed by atoms with Crippen molar-refractivity contribution in [1.29, 1.82) is 0 Å². The van der Waals surface area contributed by atoms with Crippen LogP contribution in [0.25, 0.3) is 6.08 Å². The van der Waals surface area contributed by atoms with E-state index in [0.717, 1.165) is 17.5 Å². The van der Waals surface area contributed by atoms with Gasteiger partial charge in [-0.15, -0.1) is 0 Å². The van der Waals surface area contributed by atoms with Crippen LogP contribution >= 0.6 is 0 Å². The molecule has 6 nitrogen and oxygen atoms in total. The molecule has 1 amide bonds. The van der Waals surface area contributed by atoms with Gasteiger partial charge in [0.15, 0.2) is 11.6 Å². The molecule has 43 heavy (non-hydrogen) atoms. The molecule has 0 aliphatic carbocycles. The molecular weight excluding hydrogens is 543 g/mol. The van der Waals surface area contributed by atoms with Crippen LogP contribution in [-0.2, 0) is 10.2 Å². The maximum Gasteiger partial charge on any atom is 0.238 e. The Morgan fingerprint density at radius 3 is 2.44 bits per heavy atom. The molecular formula is C36H29FN2O4. The van der Waals surface area contributed by atoms with Crippen molar-refractivity contribution in [3.8, 4) is 5.75 Å². The third kappa shape index (κ3) is 3.95. The number of benzene rings is 4. The molecule has 4 aromatic carbocycles. The van der Waals surface area contributed by atoms with E-state index < -0.39 is 35.0 Å². The molecule has 1 N–H and O–H groups in total. The summed E-state index contributed by atoms with van der Waals surface area (Å²) < 4.78 is 20.0. The minimum absolute atomic E-state index is 0.230. The van der Waals surface area contributed by atoms with Crippen molar-refractivity contribution in [1.82, 2.24) is 4.90 Å². The Balaban J connectivity index is 1.51. The maximum absolute atomic E-state index is 14.9. The molecule has 4 atom stereocenters. The largest absolute Gasteiger partial charge is 0.493 e. The van der Waals surface area contributed by atoms with E-state index in [9.17, 15) is 18.8 Å². The highest BCUT2D eigenvalue weighted by Gasteiger charge is 2.70. The van der Waals surface area contributed by atoms with Crippen LogP contribution in [0.5, 0.6) is 5.75 Å². The van der Waals surface area contributed by atoms with Crippen LogP contribution in [0.3, 0.4) is 0 Å². The first-order valence-corrected chi connectivity index (χ1v) is 14.5. The number of para-hydroxylation sites is 2. The van der Waals surface area contributed by atoms with Crippen molar-refractivity contribution < 1.29 is 23.5 Å². The second-order valence-electron chi connectivity index (χ2n) is 11.2. The monoisotopic (exact) mass is 572 g/mol. The van der Waals surface area contributed by atoms with E-state index in [1.807, 2.05) is 72.6 Å². The predicted octanol–water partition coefficient (Wildman–Crippen LogP) is 6.60. The Morgan fingerprint density at radius 2 is 1.63 bits per heavy atom. The van der Waals surface area contributed by atoms with E-state index in [0.29, 0.717) is 29.2 Å². The summed E-state index contributed by atoms with van der Waals surface area (Å²) >= 11 is 0. The maximum atomic E-state index is 14.9. The van der Waals surface area contributed by atoms with Crippen LogP contribution < -0.4 is 10.1 Å². The zero-order chi connectivity index (χ0) is 29.7. The van der Waals surface area contributed by atoms with Crippen LogP contribution in [0.4, 0.5) is 10.1 Å². The van der Waals surface area contributed by atoms with Crippen molar-refractivity contribution in [2.45, 2.75) is 30.8 Å². The highest BCUT2D eigenvalue weighted by Crippen LogP contribution is 2.62. The molecule has 3 aliphatic heterocycles. The van der Waals surface area contributed by atoms with Crippen LogP contribution in [-0.4, -0.2) is 35.0 Å². The predicted molar refractivity (Wildman–Crippen MR) is 161 cm³/mol. The van der Waals surface area contributed by atoms with Crippen LogP contribution in [0.2, 0.25) is 0 Å². The first-order valence-electron chi connectivity index (χ1n) is 14.5. The fourth-order valence-corrected chi connectivity index (χ4v) is 7.13. The molecule has 0 bridgehead atoms. The molecule has 0 saturated carbocycles. The van der Waals surface area contributed by atoms with Gasteiger partial charge in [0, 0.05) is 17.5 Å². The first kappa shape index (κ1) is 26.8. The molecule has 0 radical (unpaired) electrons. The van der Waals surface area contributed by atoms with E-state index in [1.54, 1.807) is 24.3 Å². The topological polar surface area (TPSA) is 75.7 Å². The number of halogens is 1. The number of nitrogens with zero attached hydrogens (tertiary/aromatic N) is 1. The van der Waals surface area contributed by atoms with Gasteiger partial charge in [0.25, 0.3) is 0 Å². The van der Waals surface area contributed by atoms with Crippen molar-refractivity contribution in [3.05, 3.63) is 137 Å². The number of hydrogen-bond acceptors (Lipinski definition) is 5. The fraction of sp³-hybridized carbons (Fsp3) is 0.194. The molecule has 0 unspecified atom stereocenters. The molecule has 214 valence electrons. The Kier molecular flexibility index (Phi) is 6.46. The zero-order valence-electron chi connectivity index (χ0n) is 23.5. The number of carbonyl (C=O) groups is 3. The third-order valence-electron chi connectivity index (χ3n) is 8.86. The SMILES string of the molecule is CCCOc1ccccc1C(=O)[C@@H]1[C@@H](C(=O)c2ccc(F)cc2)[C@]2(C(=O)Nc3ccccc32)[C@H]2c3ccccc3C=CN12. The van der Waals surface area contributed by atoms with E-state index >= 15 is 0 Å². The number of nitrogens with one attached hydrogen (secondary N) is 1. The average molecular weight is 573 g/mol. The lowest BCUT2D eigenvalue weighted by Gasteiger charge is -2.38. The minimum atomic E-state index is -1.46. The summed E-state index contributed by atoms with van der Waals surface area (Å²) in [6.07, 6.45) is 4.51. The summed E-state index contributed by atoms with van der Waals surface area (Å²) in [7, 11) is 0. The number of fused-ring (bicyclic) bond motifs is 6. The van der Waals surface area contributed by atoms with Crippen molar-refractivity contribution >= 4 is 29.2 Å². The minimum Gasteiger partial charge on any atom is -0.493 e. The summed E-state index contributed by atoms with van der Waals surface area (Å²) in [4.78, 5) is 46.1. The number of anilines is 1. The number of rotatable bonds is 7. The summed E-state index contributed by atoms with van der Waals surface area (Å²) in [6, 6.07) is 25.7. The summed E-state index contributed by atoms with van der Waals surface area (Å²) in [5.41, 5.74) is 2.14. The van der Waals surface area contributed by atoms with Gasteiger partial charge in [-0.25, -0.2) is 4.39 Å². The van der Waals surface area contributed by atoms with Crippen molar-refractivity contribution in [3.63, 3.8) is 0 Å². The third-order valence-corrected chi connectivity index (χ3v) is 8.86. The van der Waals surface area contributed by atoms with Gasteiger partial charge in [-0.1, -0.05) is 61.5 Å². The first-order chi connectivity index (χ1) is 21.0. The number of Topliss-reactive ketones (excluding diaryl/α,β-unsaturated/α-hetero) is 2. The van der Waals surface area contributed by atoms with E-state index in [4.69, 9.17) is 4.74 Å². The lowest BCUT2D eigenvalue weighted by Crippen LogP contribution is -2.49. The summed E-state index contributed by atoms with van der Waals surface area (Å²) in [5, 5.41) is 3.04. The zero-order valence-corrected chi connectivity index (χ0v) is 23.5. The van der Waals surface area contributed by atoms with Gasteiger partial charge in [0.1, 0.15) is 23.0 Å². The Labute approximate surface area is 248 Å². The number of amides is 1. The second-order valence-corrected chi connectivity index (χ2v) is 11.2. The van der Waals surface area contributed by atoms with Gasteiger partial charge in [0.05, 0.1) is 24.1 Å². The van der Waals surface area contributed by atoms with Crippen molar-refractivity contribution in [2.75, 3.05) is 11.9 Å². The van der Waals surface area contributed by atoms with E-state index in [1.165, 1.54) is 24.3 Å². The molecule has 1 spiro atoms. The Hall–Kier alpha value is -5.04. The fourth-order valence-electron chi connectivity index (χ4n) is 7.13. The number of ether oxygens (including phenoxy) is 1. The molecule has 7 heteroatoms. The van der Waals surface area contributed by atoms with Gasteiger partial charge in [0.2, 0.25) is 5.91 Å². The smallest absolute Gasteiger partial charge is 0.238 e. The normalized spacial score (nSPS) is 23.0. The molecule has 3 heterocycles. The van der Waals surface area contributed by atoms with Crippen molar-refractivity contribution in [2.24, 2.45) is 5.92 Å². The van der Waals surface area contributed by atoms with Crippen LogP contribution in [0.15, 0.2) is 103 Å². The molecule has 1 saturated heterocycles. The second kappa shape index (κ2) is 10.3. The van der Waals surface area contributed by atoms with Gasteiger partial charge in [-0.05, 0) is 71.7 Å². The quantitative estimate of drug-likeness (QED) is 0.253. The summed E-state index contributed by atoms with van der Waals surface area (Å²) in [5.74, 6) is -2.27. The highest BCUT2D eigenvalue weighted by atomic mass is 19.1. The number of hydrogen-bond donors (Lipinski definition) is 1. The highest BCUT2D eigenvalue weighted by molar-refractivity contribution is 6.17. The molecule has 1 fully saturated rings.